The topological polar surface area (TPSA) is 49.4 Å². The molecule has 0 aliphatic heterocycles. The first-order chi connectivity index (χ1) is 12.5. The SMILES string of the molecule is CC(=O)N(CC(=O)Nc1ccc(C(F)(F)F)cc1)c1c(C)cc(C)cc1Cl. The van der Waals surface area contributed by atoms with Crippen molar-refractivity contribution in [3.05, 3.63) is 58.1 Å². The van der Waals surface area contributed by atoms with Gasteiger partial charge < -0.3 is 10.2 Å². The lowest BCUT2D eigenvalue weighted by Crippen LogP contribution is -2.37. The minimum absolute atomic E-state index is 0.197. The maximum absolute atomic E-state index is 12.6. The number of anilines is 2. The number of rotatable bonds is 4. The van der Waals surface area contributed by atoms with E-state index in [1.807, 2.05) is 13.0 Å². The number of carbonyl (C=O) groups is 2. The highest BCUT2D eigenvalue weighted by Gasteiger charge is 2.30. The number of halogens is 4. The lowest BCUT2D eigenvalue weighted by atomic mass is 10.1. The second kappa shape index (κ2) is 8.00. The van der Waals surface area contributed by atoms with Crippen LogP contribution >= 0.6 is 11.6 Å². The van der Waals surface area contributed by atoms with Crippen LogP contribution in [0.1, 0.15) is 23.6 Å². The van der Waals surface area contributed by atoms with Crippen LogP contribution in [0, 0.1) is 13.8 Å². The van der Waals surface area contributed by atoms with Crippen molar-refractivity contribution in [2.75, 3.05) is 16.8 Å². The summed E-state index contributed by atoms with van der Waals surface area (Å²) >= 11 is 6.25. The molecular weight excluding hydrogens is 381 g/mol. The Hall–Kier alpha value is -2.54. The third kappa shape index (κ3) is 5.23. The van der Waals surface area contributed by atoms with Crippen LogP contribution in [0.2, 0.25) is 5.02 Å². The van der Waals surface area contributed by atoms with Gasteiger partial charge in [0.1, 0.15) is 6.54 Å². The van der Waals surface area contributed by atoms with Gasteiger partial charge in [0, 0.05) is 12.6 Å². The standard InChI is InChI=1S/C19H18ClF3N2O2/c1-11-8-12(2)18(16(20)9-11)25(13(3)26)10-17(27)24-15-6-4-14(5-7-15)19(21,22)23/h4-9H,10H2,1-3H3,(H,24,27). The summed E-state index contributed by atoms with van der Waals surface area (Å²) in [6.07, 6.45) is -4.45. The van der Waals surface area contributed by atoms with Crippen molar-refractivity contribution in [2.24, 2.45) is 0 Å². The van der Waals surface area contributed by atoms with E-state index in [0.29, 0.717) is 10.7 Å². The third-order valence-electron chi connectivity index (χ3n) is 3.85. The van der Waals surface area contributed by atoms with Crippen LogP contribution < -0.4 is 10.2 Å². The Kier molecular flexibility index (Phi) is 6.15. The molecule has 0 radical (unpaired) electrons. The summed E-state index contributed by atoms with van der Waals surface area (Å²) in [6, 6.07) is 7.59. The van der Waals surface area contributed by atoms with E-state index in [-0.39, 0.29) is 18.1 Å². The Labute approximate surface area is 159 Å². The van der Waals surface area contributed by atoms with E-state index >= 15 is 0 Å². The number of nitrogens with one attached hydrogen (secondary N) is 1. The van der Waals surface area contributed by atoms with Crippen LogP contribution in [0.3, 0.4) is 0 Å². The Balaban J connectivity index is 2.18. The summed E-state index contributed by atoms with van der Waals surface area (Å²) in [7, 11) is 0. The molecule has 0 unspecified atom stereocenters. The molecule has 2 rings (SSSR count). The maximum atomic E-state index is 12.6. The van der Waals surface area contributed by atoms with E-state index in [2.05, 4.69) is 5.32 Å². The maximum Gasteiger partial charge on any atom is 0.416 e. The van der Waals surface area contributed by atoms with Gasteiger partial charge in [0.15, 0.2) is 0 Å². The van der Waals surface area contributed by atoms with Crippen LogP contribution in [0.5, 0.6) is 0 Å². The van der Waals surface area contributed by atoms with Gasteiger partial charge in [-0.3, -0.25) is 9.59 Å². The normalized spacial score (nSPS) is 11.2. The molecule has 144 valence electrons. The van der Waals surface area contributed by atoms with Gasteiger partial charge in [0.2, 0.25) is 11.8 Å². The van der Waals surface area contributed by atoms with E-state index in [4.69, 9.17) is 11.6 Å². The van der Waals surface area contributed by atoms with Gasteiger partial charge >= 0.3 is 6.18 Å². The van der Waals surface area contributed by atoms with Crippen molar-refractivity contribution in [2.45, 2.75) is 26.9 Å². The zero-order valence-corrected chi connectivity index (χ0v) is 15.7. The van der Waals surface area contributed by atoms with Gasteiger partial charge in [-0.15, -0.1) is 0 Å². The molecule has 1 N–H and O–H groups in total. The highest BCUT2D eigenvalue weighted by molar-refractivity contribution is 6.34. The summed E-state index contributed by atoms with van der Waals surface area (Å²) in [5, 5.41) is 2.82. The predicted molar refractivity (Wildman–Crippen MR) is 99.0 cm³/mol. The molecule has 2 aromatic rings. The average molecular weight is 399 g/mol. The van der Waals surface area contributed by atoms with Crippen LogP contribution in [-0.2, 0) is 15.8 Å². The molecule has 0 atom stereocenters. The fourth-order valence-electron chi connectivity index (χ4n) is 2.68. The number of hydrogen-bond acceptors (Lipinski definition) is 2. The first kappa shape index (κ1) is 20.8. The molecule has 2 aromatic carbocycles. The van der Waals surface area contributed by atoms with Crippen LogP contribution in [0.4, 0.5) is 24.5 Å². The zero-order valence-electron chi connectivity index (χ0n) is 14.9. The number of aryl methyl sites for hydroxylation is 2. The van der Waals surface area contributed by atoms with E-state index in [9.17, 15) is 22.8 Å². The van der Waals surface area contributed by atoms with Crippen LogP contribution in [0.15, 0.2) is 36.4 Å². The lowest BCUT2D eigenvalue weighted by Gasteiger charge is -2.24. The van der Waals surface area contributed by atoms with Crippen molar-refractivity contribution < 1.29 is 22.8 Å². The first-order valence-electron chi connectivity index (χ1n) is 8.01. The van der Waals surface area contributed by atoms with Crippen molar-refractivity contribution in [3.63, 3.8) is 0 Å². The summed E-state index contributed by atoms with van der Waals surface area (Å²) in [6.45, 7) is 4.62. The fraction of sp³-hybridized carbons (Fsp3) is 0.263. The lowest BCUT2D eigenvalue weighted by molar-refractivity contribution is -0.137. The van der Waals surface area contributed by atoms with E-state index in [1.165, 1.54) is 11.8 Å². The zero-order chi connectivity index (χ0) is 20.4. The van der Waals surface area contributed by atoms with Crippen LogP contribution in [0.25, 0.3) is 0 Å². The smallest absolute Gasteiger partial charge is 0.325 e. The molecule has 4 nitrogen and oxygen atoms in total. The fourth-order valence-corrected chi connectivity index (χ4v) is 3.11. The predicted octanol–water partition coefficient (Wildman–Crippen LogP) is 4.97. The Morgan fingerprint density at radius 2 is 1.70 bits per heavy atom. The highest BCUT2D eigenvalue weighted by atomic mass is 35.5. The van der Waals surface area contributed by atoms with Gasteiger partial charge in [0.25, 0.3) is 0 Å². The molecule has 27 heavy (non-hydrogen) atoms. The average Bonchev–Trinajstić information content (AvgIpc) is 2.52. The minimum Gasteiger partial charge on any atom is -0.325 e. The van der Waals surface area contributed by atoms with Gasteiger partial charge in [-0.25, -0.2) is 0 Å². The van der Waals surface area contributed by atoms with Crippen molar-refractivity contribution in [3.8, 4) is 0 Å². The van der Waals surface area contributed by atoms with Gasteiger partial charge in [-0.2, -0.15) is 13.2 Å². The number of benzene rings is 2. The molecule has 8 heteroatoms. The van der Waals surface area contributed by atoms with Gasteiger partial charge in [-0.05, 0) is 55.3 Å². The Morgan fingerprint density at radius 3 is 2.19 bits per heavy atom. The molecule has 0 aliphatic rings. The van der Waals surface area contributed by atoms with E-state index in [0.717, 1.165) is 35.4 Å². The Morgan fingerprint density at radius 1 is 1.11 bits per heavy atom. The summed E-state index contributed by atoms with van der Waals surface area (Å²) in [5.41, 5.74) is 1.46. The number of nitrogens with zero attached hydrogens (tertiary/aromatic N) is 1. The number of hydrogen-bond donors (Lipinski definition) is 1. The molecule has 0 aromatic heterocycles. The molecule has 0 heterocycles. The Bertz CT molecular complexity index is 841. The second-order valence-corrected chi connectivity index (χ2v) is 6.55. The van der Waals surface area contributed by atoms with Crippen molar-refractivity contribution >= 4 is 34.8 Å². The summed E-state index contributed by atoms with van der Waals surface area (Å²) in [4.78, 5) is 25.6. The van der Waals surface area contributed by atoms with E-state index < -0.39 is 17.6 Å². The summed E-state index contributed by atoms with van der Waals surface area (Å²) in [5.74, 6) is -0.938. The molecule has 2 amide bonds. The number of carbonyl (C=O) groups excluding carboxylic acids is 2. The van der Waals surface area contributed by atoms with Crippen molar-refractivity contribution in [1.29, 1.82) is 0 Å². The molecular formula is C19H18ClF3N2O2. The number of amides is 2. The van der Waals surface area contributed by atoms with Gasteiger partial charge in [0.05, 0.1) is 16.3 Å². The second-order valence-electron chi connectivity index (χ2n) is 6.14. The molecule has 0 saturated carbocycles. The molecule has 0 spiro atoms. The molecule has 0 fully saturated rings. The molecule has 0 saturated heterocycles. The highest BCUT2D eigenvalue weighted by Crippen LogP contribution is 2.32. The molecule has 0 aliphatic carbocycles. The first-order valence-corrected chi connectivity index (χ1v) is 8.39. The monoisotopic (exact) mass is 398 g/mol. The molecule has 0 bridgehead atoms. The summed E-state index contributed by atoms with van der Waals surface area (Å²) < 4.78 is 37.8. The van der Waals surface area contributed by atoms with Gasteiger partial charge in [-0.1, -0.05) is 17.7 Å². The third-order valence-corrected chi connectivity index (χ3v) is 4.13. The number of alkyl halides is 3. The quantitative estimate of drug-likeness (QED) is 0.790. The van der Waals surface area contributed by atoms with E-state index in [1.54, 1.807) is 13.0 Å². The van der Waals surface area contributed by atoms with Crippen molar-refractivity contribution in [1.82, 2.24) is 0 Å². The van der Waals surface area contributed by atoms with Crippen LogP contribution in [-0.4, -0.2) is 18.4 Å². The largest absolute Gasteiger partial charge is 0.416 e. The minimum atomic E-state index is -4.45.